The Balaban J connectivity index is 1.32. The summed E-state index contributed by atoms with van der Waals surface area (Å²) in [6.07, 6.45) is 16.3. The molecule has 1 N–H and O–H groups in total. The Kier molecular flexibility index (Phi) is 6.38. The number of aromatic nitrogens is 2. The van der Waals surface area contributed by atoms with Gasteiger partial charge in [0.05, 0.1) is 11.7 Å². The highest BCUT2D eigenvalue weighted by atomic mass is 35.5. The molecular weight excluding hydrogens is 420 g/mol. The van der Waals surface area contributed by atoms with Crippen LogP contribution < -0.4 is 5.32 Å². The number of rotatable bonds is 4. The zero-order valence-corrected chi connectivity index (χ0v) is 19.7. The standard InChI is InChI=1S/C26H33ClN4O/c1-18-14-21(27)2-3-24(18)31-17-23(22-6-11-29-16-25(22)31)20-7-12-30(13-8-20)26(32)15-19-4-9-28-10-5-19/h2-3,6,11,16-20,28H,4-5,7-10,12-15H2,1H3. The van der Waals surface area contributed by atoms with Gasteiger partial charge in [0.1, 0.15) is 0 Å². The van der Waals surface area contributed by atoms with Crippen LogP contribution in [0.25, 0.3) is 16.6 Å². The zero-order chi connectivity index (χ0) is 22.1. The van der Waals surface area contributed by atoms with Crippen LogP contribution in [0.15, 0.2) is 41.8 Å². The molecule has 4 heterocycles. The molecule has 0 aromatic carbocycles. The minimum absolute atomic E-state index is 0.354. The molecule has 2 aromatic rings. The smallest absolute Gasteiger partial charge is 0.222 e. The molecule has 0 bridgehead atoms. The first-order chi connectivity index (χ1) is 15.6. The van der Waals surface area contributed by atoms with E-state index in [2.05, 4.69) is 45.0 Å². The van der Waals surface area contributed by atoms with Gasteiger partial charge in [-0.05, 0) is 80.8 Å². The molecular formula is C26H33ClN4O. The molecule has 2 aliphatic heterocycles. The monoisotopic (exact) mass is 452 g/mol. The van der Waals surface area contributed by atoms with Crippen molar-refractivity contribution in [3.63, 3.8) is 0 Å². The second kappa shape index (κ2) is 9.40. The van der Waals surface area contributed by atoms with Crippen molar-refractivity contribution in [1.82, 2.24) is 19.8 Å². The van der Waals surface area contributed by atoms with Crippen LogP contribution in [-0.2, 0) is 4.79 Å². The molecule has 5 nitrogen and oxygen atoms in total. The van der Waals surface area contributed by atoms with E-state index in [0.29, 0.717) is 23.7 Å². The maximum absolute atomic E-state index is 12.9. The highest BCUT2D eigenvalue weighted by molar-refractivity contribution is 6.29. The van der Waals surface area contributed by atoms with Gasteiger partial charge in [-0.15, -0.1) is 0 Å². The Hall–Kier alpha value is -2.11. The summed E-state index contributed by atoms with van der Waals surface area (Å²) in [5, 5.41) is 5.59. The number of fused-ring (bicyclic) bond motifs is 1. The van der Waals surface area contributed by atoms with Gasteiger partial charge in [-0.1, -0.05) is 18.5 Å². The summed E-state index contributed by atoms with van der Waals surface area (Å²) in [6, 6.07) is 2.15. The summed E-state index contributed by atoms with van der Waals surface area (Å²) in [5.41, 5.74) is 3.83. The van der Waals surface area contributed by atoms with Crippen LogP contribution in [0.4, 0.5) is 0 Å². The number of piperidine rings is 2. The fraction of sp³-hybridized carbons (Fsp3) is 0.538. The third kappa shape index (κ3) is 4.38. The van der Waals surface area contributed by atoms with Crippen LogP contribution in [-0.4, -0.2) is 46.5 Å². The van der Waals surface area contributed by atoms with Crippen molar-refractivity contribution < 1.29 is 4.79 Å². The maximum atomic E-state index is 12.9. The van der Waals surface area contributed by atoms with Gasteiger partial charge < -0.3 is 14.8 Å². The molecule has 1 atom stereocenters. The number of hydrogen-bond donors (Lipinski definition) is 1. The summed E-state index contributed by atoms with van der Waals surface area (Å²) >= 11 is 6.27. The Labute approximate surface area is 195 Å². The minimum Gasteiger partial charge on any atom is -0.343 e. The lowest BCUT2D eigenvalue weighted by Crippen LogP contribution is -2.39. The fourth-order valence-electron chi connectivity index (χ4n) is 5.66. The van der Waals surface area contributed by atoms with Crippen LogP contribution in [0.2, 0.25) is 0 Å². The number of amides is 1. The molecule has 5 rings (SSSR count). The molecule has 0 saturated carbocycles. The number of nitrogens with zero attached hydrogens (tertiary/aromatic N) is 3. The van der Waals surface area contributed by atoms with Crippen molar-refractivity contribution in [3.05, 3.63) is 47.4 Å². The van der Waals surface area contributed by atoms with Gasteiger partial charge in [0, 0.05) is 53.9 Å². The molecule has 170 valence electrons. The van der Waals surface area contributed by atoms with Crippen LogP contribution in [0.1, 0.15) is 56.9 Å². The second-order valence-electron chi connectivity index (χ2n) is 9.71. The highest BCUT2D eigenvalue weighted by Crippen LogP contribution is 2.38. The number of pyridine rings is 1. The third-order valence-corrected chi connectivity index (χ3v) is 7.85. The predicted molar refractivity (Wildman–Crippen MR) is 130 cm³/mol. The van der Waals surface area contributed by atoms with Crippen molar-refractivity contribution in [2.24, 2.45) is 11.8 Å². The molecule has 6 heteroatoms. The third-order valence-electron chi connectivity index (χ3n) is 7.57. The summed E-state index contributed by atoms with van der Waals surface area (Å²) < 4.78 is 2.32. The summed E-state index contributed by atoms with van der Waals surface area (Å²) in [7, 11) is 0. The lowest BCUT2D eigenvalue weighted by Gasteiger charge is -2.33. The SMILES string of the molecule is CC1CC(Cl)=CC=C1n1cc(C2CCN(C(=O)CC3CCNCC3)CC2)c2ccncc21. The van der Waals surface area contributed by atoms with E-state index >= 15 is 0 Å². The number of nitrogens with one attached hydrogen (secondary N) is 1. The van der Waals surface area contributed by atoms with Crippen molar-refractivity contribution in [2.75, 3.05) is 26.2 Å². The Bertz CT molecular complexity index is 1040. The van der Waals surface area contributed by atoms with E-state index in [-0.39, 0.29) is 0 Å². The van der Waals surface area contributed by atoms with Crippen molar-refractivity contribution in [1.29, 1.82) is 0 Å². The molecule has 2 saturated heterocycles. The van der Waals surface area contributed by atoms with Crippen molar-refractivity contribution in [3.8, 4) is 0 Å². The van der Waals surface area contributed by atoms with Gasteiger partial charge >= 0.3 is 0 Å². The first-order valence-corrected chi connectivity index (χ1v) is 12.5. The summed E-state index contributed by atoms with van der Waals surface area (Å²) in [6.45, 7) is 6.06. The van der Waals surface area contributed by atoms with E-state index in [1.165, 1.54) is 16.6 Å². The average Bonchev–Trinajstić information content (AvgIpc) is 3.19. The van der Waals surface area contributed by atoms with Crippen LogP contribution in [0.3, 0.4) is 0 Å². The van der Waals surface area contributed by atoms with Gasteiger partial charge in [0.25, 0.3) is 0 Å². The number of halogens is 1. The first-order valence-electron chi connectivity index (χ1n) is 12.1. The Morgan fingerprint density at radius 1 is 1.19 bits per heavy atom. The lowest BCUT2D eigenvalue weighted by molar-refractivity contribution is -0.133. The van der Waals surface area contributed by atoms with Gasteiger partial charge in [0.2, 0.25) is 5.91 Å². The number of allylic oxidation sites excluding steroid dienone is 4. The molecule has 2 aromatic heterocycles. The molecule has 0 radical (unpaired) electrons. The normalized spacial score (nSPS) is 23.3. The minimum atomic E-state index is 0.354. The number of likely N-dealkylation sites (tertiary alicyclic amines) is 1. The van der Waals surface area contributed by atoms with Crippen molar-refractivity contribution >= 4 is 34.1 Å². The highest BCUT2D eigenvalue weighted by Gasteiger charge is 2.28. The zero-order valence-electron chi connectivity index (χ0n) is 18.9. The molecule has 32 heavy (non-hydrogen) atoms. The summed E-state index contributed by atoms with van der Waals surface area (Å²) in [5.74, 6) is 1.75. The molecule has 1 amide bonds. The lowest BCUT2D eigenvalue weighted by atomic mass is 9.88. The van der Waals surface area contributed by atoms with Gasteiger partial charge in [-0.3, -0.25) is 9.78 Å². The number of carbonyl (C=O) groups is 1. The molecule has 1 unspecified atom stereocenters. The topological polar surface area (TPSA) is 50.2 Å². The molecule has 0 spiro atoms. The van der Waals surface area contributed by atoms with Crippen LogP contribution >= 0.6 is 11.6 Å². The second-order valence-corrected chi connectivity index (χ2v) is 10.2. The van der Waals surface area contributed by atoms with Gasteiger partial charge in [-0.25, -0.2) is 0 Å². The molecule has 3 aliphatic rings. The summed E-state index contributed by atoms with van der Waals surface area (Å²) in [4.78, 5) is 19.4. The largest absolute Gasteiger partial charge is 0.343 e. The van der Waals surface area contributed by atoms with Crippen LogP contribution in [0.5, 0.6) is 0 Å². The van der Waals surface area contributed by atoms with Crippen molar-refractivity contribution in [2.45, 2.75) is 51.4 Å². The van der Waals surface area contributed by atoms with Crippen LogP contribution in [0, 0.1) is 11.8 Å². The van der Waals surface area contributed by atoms with E-state index in [9.17, 15) is 4.79 Å². The first kappa shape index (κ1) is 21.7. The predicted octanol–water partition coefficient (Wildman–Crippen LogP) is 5.14. The maximum Gasteiger partial charge on any atom is 0.222 e. The molecule has 2 fully saturated rings. The fourth-order valence-corrected chi connectivity index (χ4v) is 5.96. The van der Waals surface area contributed by atoms with Gasteiger partial charge in [-0.2, -0.15) is 0 Å². The van der Waals surface area contributed by atoms with E-state index in [1.807, 2.05) is 18.5 Å². The molecule has 1 aliphatic carbocycles. The van der Waals surface area contributed by atoms with E-state index in [4.69, 9.17) is 11.6 Å². The Morgan fingerprint density at radius 3 is 2.72 bits per heavy atom. The number of carbonyl (C=O) groups excluding carboxylic acids is 1. The van der Waals surface area contributed by atoms with E-state index in [1.54, 1.807) is 0 Å². The number of hydrogen-bond acceptors (Lipinski definition) is 3. The van der Waals surface area contributed by atoms with Gasteiger partial charge in [0.15, 0.2) is 0 Å². The van der Waals surface area contributed by atoms with E-state index < -0.39 is 0 Å². The Morgan fingerprint density at radius 2 is 1.97 bits per heavy atom. The quantitative estimate of drug-likeness (QED) is 0.699. The average molecular weight is 453 g/mol. The van der Waals surface area contributed by atoms with E-state index in [0.717, 1.165) is 75.3 Å².